The minimum absolute atomic E-state index is 0.0513. The van der Waals surface area contributed by atoms with Crippen molar-refractivity contribution in [2.75, 3.05) is 0 Å². The molecule has 2 aliphatic rings. The molecular weight excluding hydrogens is 867 g/mol. The summed E-state index contributed by atoms with van der Waals surface area (Å²) in [4.78, 5) is 98.8. The number of esters is 2. The number of Topliss-reactive ketones (excluding diaryl/α,β-unsaturated/α-hetero) is 2. The molecule has 0 radical (unpaired) electrons. The van der Waals surface area contributed by atoms with Gasteiger partial charge in [-0.2, -0.15) is 0 Å². The fourth-order valence-corrected chi connectivity index (χ4v) is 12.4. The summed E-state index contributed by atoms with van der Waals surface area (Å²) in [6.07, 6.45) is 1.43. The molecule has 0 saturated heterocycles. The molecule has 5 aromatic carbocycles. The molecular formula is C46H23N3O9S4. The van der Waals surface area contributed by atoms with Gasteiger partial charge in [-0.3, -0.25) is 19.2 Å². The third kappa shape index (κ3) is 5.86. The topological polar surface area (TPSA) is 168 Å². The monoisotopic (exact) mass is 889 g/mol. The van der Waals surface area contributed by atoms with Crippen molar-refractivity contribution in [3.05, 3.63) is 173 Å². The van der Waals surface area contributed by atoms with E-state index in [1.54, 1.807) is 97.1 Å². The molecule has 0 amide bonds. The van der Waals surface area contributed by atoms with E-state index < -0.39 is 40.0 Å². The van der Waals surface area contributed by atoms with Crippen LogP contribution in [0, 0.1) is 0 Å². The summed E-state index contributed by atoms with van der Waals surface area (Å²) >= 11 is 4.52. The molecule has 0 bridgehead atoms. The summed E-state index contributed by atoms with van der Waals surface area (Å²) in [6, 6.07) is 31.0. The molecule has 11 rings (SSSR count). The van der Waals surface area contributed by atoms with E-state index in [1.165, 1.54) is 28.7 Å². The van der Waals surface area contributed by atoms with Crippen LogP contribution in [-0.2, 0) is 37.9 Å². The van der Waals surface area contributed by atoms with Crippen LogP contribution in [0.5, 0.6) is 5.75 Å². The van der Waals surface area contributed by atoms with Gasteiger partial charge in [-0.25, -0.2) is 24.5 Å². The van der Waals surface area contributed by atoms with Crippen molar-refractivity contribution >= 4 is 110 Å². The van der Waals surface area contributed by atoms with Gasteiger partial charge < -0.3 is 14.2 Å². The predicted octanol–water partition coefficient (Wildman–Crippen LogP) is 8.21. The highest BCUT2D eigenvalue weighted by Crippen LogP contribution is 2.60. The Hall–Kier alpha value is -7.11. The van der Waals surface area contributed by atoms with Crippen LogP contribution in [0.1, 0.15) is 42.4 Å². The number of carbonyl (C=O) groups is 4. The van der Waals surface area contributed by atoms with Gasteiger partial charge in [0.1, 0.15) is 32.6 Å². The number of hydrogen-bond acceptors (Lipinski definition) is 16. The lowest BCUT2D eigenvalue weighted by molar-refractivity contribution is -0.183. The van der Waals surface area contributed by atoms with Crippen molar-refractivity contribution in [3.8, 4) is 15.5 Å². The van der Waals surface area contributed by atoms with Gasteiger partial charge in [-0.05, 0) is 17.2 Å². The maximum Gasteiger partial charge on any atom is 0.367 e. The van der Waals surface area contributed by atoms with Gasteiger partial charge in [0.05, 0.1) is 25.6 Å². The predicted molar refractivity (Wildman–Crippen MR) is 236 cm³/mol. The summed E-state index contributed by atoms with van der Waals surface area (Å²) in [7, 11) is 0. The van der Waals surface area contributed by atoms with Crippen molar-refractivity contribution in [2.45, 2.75) is 18.8 Å². The van der Waals surface area contributed by atoms with Crippen LogP contribution in [0.15, 0.2) is 129 Å². The number of benzene rings is 4. The molecule has 16 heteroatoms. The van der Waals surface area contributed by atoms with Crippen molar-refractivity contribution < 1.29 is 33.4 Å². The summed E-state index contributed by atoms with van der Waals surface area (Å²) in [5, 5.41) is 0.639. The standard InChI is InChI=1S/C46H23N3O9S4/c50-32-24-15-7-8-16-25(24)33(51)28(32)19-29-47-41-38(59-29)30-37(60-41)39-36(40-42(61-39)49-45(62-40)48-31-34(52)26-17-9-10-18-27(26)35(31)53)58-46(30,43(54)56-20-22-11-3-1-4-12-22)44(55)57-21-23-13-5-2-6-14-23/h1-19H,20-21H2. The van der Waals surface area contributed by atoms with Gasteiger partial charge in [-0.1, -0.05) is 121 Å². The molecule has 4 aromatic heterocycles. The van der Waals surface area contributed by atoms with Crippen LogP contribution >= 0.6 is 45.3 Å². The Morgan fingerprint density at radius 3 is 1.76 bits per heavy atom. The normalized spacial score (nSPS) is 13.8. The largest absolute Gasteiger partial charge is 0.457 e. The molecule has 5 heterocycles. The van der Waals surface area contributed by atoms with E-state index in [2.05, 4.69) is 9.98 Å². The zero-order chi connectivity index (χ0) is 42.3. The molecule has 1 aliphatic heterocycles. The number of ketones is 2. The summed E-state index contributed by atoms with van der Waals surface area (Å²) in [5.41, 5.74) is -1.58. The van der Waals surface area contributed by atoms with Crippen molar-refractivity contribution in [1.82, 2.24) is 9.97 Å². The summed E-state index contributed by atoms with van der Waals surface area (Å²) in [5.74, 6) is -2.83. The average molecular weight is 890 g/mol. The Morgan fingerprint density at radius 2 is 1.16 bits per heavy atom. The molecule has 0 atom stereocenters. The number of rotatable bonds is 8. The third-order valence-corrected chi connectivity index (χ3v) is 15.0. The number of thiazole rings is 2. The lowest BCUT2D eigenvalue weighted by Crippen LogP contribution is -2.52. The quantitative estimate of drug-likeness (QED) is 0.0624. The van der Waals surface area contributed by atoms with Gasteiger partial charge in [0, 0.05) is 21.9 Å². The Morgan fingerprint density at radius 1 is 0.629 bits per heavy atom. The molecule has 0 spiro atoms. The van der Waals surface area contributed by atoms with Crippen LogP contribution in [0.2, 0.25) is 0 Å². The van der Waals surface area contributed by atoms with Gasteiger partial charge in [-0.15, -0.1) is 34.0 Å². The summed E-state index contributed by atoms with van der Waals surface area (Å²) in [6.45, 7) is -0.411. The number of thiophene rings is 2. The van der Waals surface area contributed by atoms with E-state index in [1.807, 2.05) is 12.1 Å². The van der Waals surface area contributed by atoms with E-state index >= 15 is 0 Å². The van der Waals surface area contributed by atoms with Crippen LogP contribution in [0.4, 0.5) is 5.13 Å². The lowest BCUT2D eigenvalue weighted by atomic mass is 9.91. The molecule has 0 fully saturated rings. The lowest BCUT2D eigenvalue weighted by Gasteiger charge is -2.33. The first-order valence-electron chi connectivity index (χ1n) is 18.9. The summed E-state index contributed by atoms with van der Waals surface area (Å²) < 4.78 is 19.5. The highest BCUT2D eigenvalue weighted by molar-refractivity contribution is 7.34. The molecule has 12 nitrogen and oxygen atoms in total. The molecule has 0 saturated carbocycles. The van der Waals surface area contributed by atoms with Crippen LogP contribution < -0.4 is 21.0 Å². The van der Waals surface area contributed by atoms with Gasteiger partial charge >= 0.3 is 17.5 Å². The number of ether oxygens (including phenoxy) is 3. The van der Waals surface area contributed by atoms with Crippen molar-refractivity contribution in [1.29, 1.82) is 0 Å². The zero-order valence-electron chi connectivity index (χ0n) is 31.5. The van der Waals surface area contributed by atoms with E-state index in [0.717, 1.165) is 22.7 Å². The number of aromatic nitrogens is 2. The first kappa shape index (κ1) is 37.9. The van der Waals surface area contributed by atoms with E-state index in [-0.39, 0.29) is 51.4 Å². The number of allylic oxidation sites excluding steroid dienone is 1. The van der Waals surface area contributed by atoms with E-state index in [4.69, 9.17) is 19.2 Å². The Bertz CT molecular complexity index is 3450. The van der Waals surface area contributed by atoms with Crippen molar-refractivity contribution in [2.24, 2.45) is 4.99 Å². The number of fused-ring (bicyclic) bond motifs is 9. The third-order valence-electron chi connectivity index (χ3n) is 10.5. The minimum Gasteiger partial charge on any atom is -0.457 e. The Labute approximate surface area is 364 Å². The fraction of sp³-hybridized carbons (Fsp3) is 0.0652. The first-order chi connectivity index (χ1) is 30.2. The van der Waals surface area contributed by atoms with Gasteiger partial charge in [0.25, 0.3) is 0 Å². The maximum absolute atomic E-state index is 15.0. The van der Waals surface area contributed by atoms with Crippen LogP contribution in [0.3, 0.4) is 0 Å². The molecule has 1 aliphatic carbocycles. The van der Waals surface area contributed by atoms with E-state index in [0.29, 0.717) is 56.1 Å². The number of hydrogen-bond donors (Lipinski definition) is 0. The number of carbonyl (C=O) groups excluding carboxylic acids is 4. The van der Waals surface area contributed by atoms with Crippen LogP contribution in [-0.4, -0.2) is 33.5 Å². The van der Waals surface area contributed by atoms with Gasteiger partial charge in [0.2, 0.25) is 16.0 Å². The molecule has 62 heavy (non-hydrogen) atoms. The maximum atomic E-state index is 15.0. The van der Waals surface area contributed by atoms with Gasteiger partial charge in [0.15, 0.2) is 22.7 Å². The minimum atomic E-state index is -2.56. The molecule has 9 aromatic rings. The second-order valence-electron chi connectivity index (χ2n) is 14.2. The van der Waals surface area contributed by atoms with E-state index in [9.17, 15) is 28.8 Å². The second kappa shape index (κ2) is 14.5. The SMILES string of the molecule is O=C1C(=Cc2nc3sc4c(c3s2)C(C(=O)OCc2ccccc2)(C(=O)OCc2ccccc2)Oc2c-4sc3nc(N=c4c(=O)c5ccccc5c4=O)sc23)C(=O)c2ccccc21. The fourth-order valence-electron chi connectivity index (χ4n) is 7.57. The molecule has 0 N–H and O–H groups in total. The number of nitrogens with zero attached hydrogens (tertiary/aromatic N) is 3. The molecule has 300 valence electrons. The highest BCUT2D eigenvalue weighted by atomic mass is 32.1. The Balaban J connectivity index is 1.09. The zero-order valence-corrected chi connectivity index (χ0v) is 34.8. The van der Waals surface area contributed by atoms with Crippen LogP contribution in [0.25, 0.3) is 45.7 Å². The van der Waals surface area contributed by atoms with Crippen molar-refractivity contribution in [3.63, 3.8) is 0 Å². The first-order valence-corrected chi connectivity index (χ1v) is 22.1. The second-order valence-corrected chi connectivity index (χ2v) is 18.2. The smallest absolute Gasteiger partial charge is 0.367 e. The Kier molecular flexibility index (Phi) is 8.87. The molecule has 0 unspecified atom stereocenters. The average Bonchev–Trinajstić information content (AvgIpc) is 4.13. The highest BCUT2D eigenvalue weighted by Gasteiger charge is 2.60.